The van der Waals surface area contributed by atoms with Crippen LogP contribution in [0.15, 0.2) is 59.5 Å². The predicted octanol–water partition coefficient (Wildman–Crippen LogP) is 2.07. The van der Waals surface area contributed by atoms with Crippen LogP contribution in [0, 0.1) is 6.92 Å². The number of aryl methyl sites for hydroxylation is 1. The molecule has 2 aromatic carbocycles. The van der Waals surface area contributed by atoms with Crippen molar-refractivity contribution in [3.05, 3.63) is 65.7 Å². The molecule has 212 valence electrons. The van der Waals surface area contributed by atoms with Crippen molar-refractivity contribution < 1.29 is 27.8 Å². The lowest BCUT2D eigenvalue weighted by molar-refractivity contribution is -0.146. The molecule has 0 unspecified atom stereocenters. The second-order valence-electron chi connectivity index (χ2n) is 11.0. The van der Waals surface area contributed by atoms with Crippen molar-refractivity contribution >= 4 is 15.9 Å². The number of nitrogens with zero attached hydrogens (tertiary/aromatic N) is 2. The van der Waals surface area contributed by atoms with Crippen molar-refractivity contribution in [2.45, 2.75) is 74.4 Å². The molecule has 10 heteroatoms. The summed E-state index contributed by atoms with van der Waals surface area (Å²) in [6.45, 7) is 4.67. The second-order valence-corrected chi connectivity index (χ2v) is 12.9. The van der Waals surface area contributed by atoms with Crippen molar-refractivity contribution in [1.29, 1.82) is 0 Å². The molecule has 3 fully saturated rings. The van der Waals surface area contributed by atoms with Gasteiger partial charge in [-0.1, -0.05) is 48.0 Å². The minimum absolute atomic E-state index is 0.0266. The average molecular weight is 558 g/mol. The lowest BCUT2D eigenvalue weighted by Crippen LogP contribution is -2.57. The molecule has 5 rings (SSSR count). The molecule has 3 heterocycles. The molecule has 0 aromatic heterocycles. The minimum atomic E-state index is -3.85. The van der Waals surface area contributed by atoms with Crippen LogP contribution in [0.1, 0.15) is 36.8 Å². The number of nitrogens with one attached hydrogen (secondary N) is 1. The highest BCUT2D eigenvalue weighted by Crippen LogP contribution is 2.31. The summed E-state index contributed by atoms with van der Waals surface area (Å²) in [5.74, 6) is -0.0451. The summed E-state index contributed by atoms with van der Waals surface area (Å²) in [5.41, 5.74) is 2.23. The predicted molar refractivity (Wildman–Crippen MR) is 146 cm³/mol. The molecule has 0 bridgehead atoms. The number of sulfonamides is 1. The fraction of sp³-hybridized carbons (Fsp3) is 0.552. The first-order chi connectivity index (χ1) is 18.8. The molecule has 3 saturated heterocycles. The maximum atomic E-state index is 13.6. The van der Waals surface area contributed by atoms with Gasteiger partial charge in [0, 0.05) is 32.2 Å². The highest BCUT2D eigenvalue weighted by atomic mass is 32.2. The van der Waals surface area contributed by atoms with Crippen LogP contribution in [0.5, 0.6) is 0 Å². The Morgan fingerprint density at radius 1 is 1.03 bits per heavy atom. The molecular formula is C29H39N3O6S. The van der Waals surface area contributed by atoms with Gasteiger partial charge >= 0.3 is 0 Å². The third kappa shape index (κ3) is 7.06. The Morgan fingerprint density at radius 2 is 1.79 bits per heavy atom. The quantitative estimate of drug-likeness (QED) is 0.537. The Hall–Kier alpha value is -2.34. The molecule has 39 heavy (non-hydrogen) atoms. The fourth-order valence-corrected chi connectivity index (χ4v) is 7.56. The van der Waals surface area contributed by atoms with E-state index in [9.17, 15) is 18.3 Å². The number of aliphatic hydroxyl groups is 1. The molecule has 0 saturated carbocycles. The number of hydrogen-bond donors (Lipinski definition) is 2. The Kier molecular flexibility index (Phi) is 9.00. The summed E-state index contributed by atoms with van der Waals surface area (Å²) >= 11 is 0. The number of rotatable bonds is 7. The number of ether oxygens (including phenoxy) is 2. The molecule has 3 aliphatic rings. The van der Waals surface area contributed by atoms with Crippen molar-refractivity contribution in [3.8, 4) is 0 Å². The second kappa shape index (κ2) is 12.4. The van der Waals surface area contributed by atoms with E-state index < -0.39 is 28.3 Å². The van der Waals surface area contributed by atoms with Crippen LogP contribution < -0.4 is 5.32 Å². The molecule has 1 amide bonds. The molecule has 0 radical (unpaired) electrons. The van der Waals surface area contributed by atoms with Gasteiger partial charge in [0.15, 0.2) is 0 Å². The first kappa shape index (κ1) is 28.2. The van der Waals surface area contributed by atoms with Gasteiger partial charge in [0.2, 0.25) is 15.9 Å². The summed E-state index contributed by atoms with van der Waals surface area (Å²) in [4.78, 5) is 15.5. The largest absolute Gasteiger partial charge is 0.389 e. The monoisotopic (exact) mass is 557 g/mol. The van der Waals surface area contributed by atoms with E-state index in [1.54, 1.807) is 24.3 Å². The number of hydrogen-bond acceptors (Lipinski definition) is 7. The van der Waals surface area contributed by atoms with Gasteiger partial charge in [0.05, 0.1) is 48.9 Å². The zero-order valence-electron chi connectivity index (χ0n) is 22.4. The summed E-state index contributed by atoms with van der Waals surface area (Å²) in [7, 11) is -3.85. The highest BCUT2D eigenvalue weighted by Gasteiger charge is 2.43. The summed E-state index contributed by atoms with van der Waals surface area (Å²) in [5, 5.41) is 13.6. The van der Waals surface area contributed by atoms with Crippen LogP contribution in [-0.4, -0.2) is 91.9 Å². The summed E-state index contributed by atoms with van der Waals surface area (Å²) in [6, 6.07) is 16.7. The number of likely N-dealkylation sites (tertiary alicyclic amines) is 1. The maximum Gasteiger partial charge on any atom is 0.243 e. The average Bonchev–Trinajstić information content (AvgIpc) is 3.33. The van der Waals surface area contributed by atoms with Gasteiger partial charge in [-0.3, -0.25) is 9.69 Å². The van der Waals surface area contributed by atoms with E-state index in [-0.39, 0.29) is 49.1 Å². The first-order valence-corrected chi connectivity index (χ1v) is 15.3. The van der Waals surface area contributed by atoms with E-state index >= 15 is 0 Å². The van der Waals surface area contributed by atoms with E-state index in [0.717, 1.165) is 31.6 Å². The van der Waals surface area contributed by atoms with Crippen LogP contribution in [0.4, 0.5) is 0 Å². The van der Waals surface area contributed by atoms with Gasteiger partial charge < -0.3 is 19.9 Å². The fourth-order valence-electron chi connectivity index (χ4n) is 5.85. The van der Waals surface area contributed by atoms with E-state index in [4.69, 9.17) is 9.47 Å². The standard InChI is InChI=1S/C29H39N3O6S/c1-21-7-10-26(11-8-21)39(35,36)32-18-24(33)19-37-20-28-27(32)12-9-25(38-28)15-29(34)30-23-13-14-31(17-23)16-22-5-3-2-4-6-22/h2-8,10-11,23-25,27-28,33H,9,12-20H2,1H3,(H,30,34)/t23-,24-,25+,27+,28-/m0/s1. The molecule has 0 spiro atoms. The number of carbonyl (C=O) groups excluding carboxylic acids is 1. The van der Waals surface area contributed by atoms with Crippen molar-refractivity contribution in [1.82, 2.24) is 14.5 Å². The summed E-state index contributed by atoms with van der Waals surface area (Å²) < 4.78 is 40.5. The maximum absolute atomic E-state index is 13.6. The molecule has 3 aliphatic heterocycles. The third-order valence-electron chi connectivity index (χ3n) is 7.86. The van der Waals surface area contributed by atoms with E-state index in [2.05, 4.69) is 22.3 Å². The lowest BCUT2D eigenvalue weighted by atomic mass is 9.96. The Bertz CT molecular complexity index is 1210. The molecule has 2 N–H and O–H groups in total. The van der Waals surface area contributed by atoms with Gasteiger partial charge in [-0.2, -0.15) is 4.31 Å². The van der Waals surface area contributed by atoms with Gasteiger partial charge in [-0.05, 0) is 43.9 Å². The number of β-amino-alcohol motifs (C(OH)–C–C–N with tert-alkyl or cyclic N) is 1. The Morgan fingerprint density at radius 3 is 2.56 bits per heavy atom. The molecule has 0 aliphatic carbocycles. The zero-order valence-corrected chi connectivity index (χ0v) is 23.3. The van der Waals surface area contributed by atoms with Crippen LogP contribution in [-0.2, 0) is 30.8 Å². The van der Waals surface area contributed by atoms with E-state index in [1.807, 2.05) is 25.1 Å². The van der Waals surface area contributed by atoms with Crippen molar-refractivity contribution in [2.75, 3.05) is 32.8 Å². The van der Waals surface area contributed by atoms with Gasteiger partial charge in [0.1, 0.15) is 0 Å². The molecule has 9 nitrogen and oxygen atoms in total. The number of amides is 1. The van der Waals surface area contributed by atoms with Crippen LogP contribution in [0.3, 0.4) is 0 Å². The minimum Gasteiger partial charge on any atom is -0.389 e. The van der Waals surface area contributed by atoms with E-state index in [1.165, 1.54) is 9.87 Å². The lowest BCUT2D eigenvalue weighted by Gasteiger charge is -2.43. The van der Waals surface area contributed by atoms with Gasteiger partial charge in [0.25, 0.3) is 0 Å². The van der Waals surface area contributed by atoms with Crippen LogP contribution >= 0.6 is 0 Å². The number of benzene rings is 2. The van der Waals surface area contributed by atoms with Crippen LogP contribution in [0.25, 0.3) is 0 Å². The van der Waals surface area contributed by atoms with E-state index in [0.29, 0.717) is 12.8 Å². The first-order valence-electron chi connectivity index (χ1n) is 13.8. The normalized spacial score (nSPS) is 28.8. The van der Waals surface area contributed by atoms with Crippen molar-refractivity contribution in [2.24, 2.45) is 0 Å². The van der Waals surface area contributed by atoms with Gasteiger partial charge in [-0.15, -0.1) is 0 Å². The smallest absolute Gasteiger partial charge is 0.243 e. The molecule has 5 atom stereocenters. The van der Waals surface area contributed by atoms with Gasteiger partial charge in [-0.25, -0.2) is 8.42 Å². The van der Waals surface area contributed by atoms with Crippen molar-refractivity contribution in [3.63, 3.8) is 0 Å². The van der Waals surface area contributed by atoms with Crippen LogP contribution in [0.2, 0.25) is 0 Å². The topological polar surface area (TPSA) is 108 Å². The molecular weight excluding hydrogens is 518 g/mol. The third-order valence-corrected chi connectivity index (χ3v) is 9.77. The SMILES string of the molecule is Cc1ccc(S(=O)(=O)N2C[C@H](O)COC[C@@H]3O[C@@H](CC(=O)N[C@H]4CCN(Cc5ccccc5)C4)CC[C@H]32)cc1. The Labute approximate surface area is 231 Å². The Balaban J connectivity index is 1.18. The summed E-state index contributed by atoms with van der Waals surface area (Å²) in [6.07, 6.45) is 0.459. The zero-order chi connectivity index (χ0) is 27.4. The highest BCUT2D eigenvalue weighted by molar-refractivity contribution is 7.89. The molecule has 2 aromatic rings. The number of carbonyl (C=O) groups is 1. The number of aliphatic hydroxyl groups excluding tert-OH is 1. The number of fused-ring (bicyclic) bond motifs is 1.